The number of hydrogen-bond acceptors (Lipinski definition) is 4. The molecule has 0 aliphatic heterocycles. The van der Waals surface area contributed by atoms with Gasteiger partial charge in [0.1, 0.15) is 4.88 Å². The fraction of sp³-hybridized carbons (Fsp3) is 0.143. The lowest BCUT2D eigenvalue weighted by Gasteiger charge is -2.10. The minimum atomic E-state index is -4.50. The standard InChI is InChI=1S/C14H9ClF3N3OS/c1-19-12-11-9(6-10(23-11)14(16,17)18)21(13(22)20-12)8-5-3-2-4-7(8)15/h2-6H,1H3,(H,19,20,22). The van der Waals surface area contributed by atoms with Crippen molar-refractivity contribution in [2.24, 2.45) is 0 Å². The molecule has 1 aromatic carbocycles. The molecule has 0 spiro atoms. The molecule has 4 nitrogen and oxygen atoms in total. The first-order valence-corrected chi connectivity index (χ1v) is 7.59. The zero-order valence-corrected chi connectivity index (χ0v) is 13.2. The predicted octanol–water partition coefficient (Wildman–Crippen LogP) is 4.16. The number of nitrogens with one attached hydrogen (secondary N) is 1. The van der Waals surface area contributed by atoms with Gasteiger partial charge in [-0.25, -0.2) is 4.79 Å². The van der Waals surface area contributed by atoms with Crippen LogP contribution in [0.15, 0.2) is 35.1 Å². The first kappa shape index (κ1) is 15.8. The van der Waals surface area contributed by atoms with Gasteiger partial charge in [-0.2, -0.15) is 18.2 Å². The summed E-state index contributed by atoms with van der Waals surface area (Å²) < 4.78 is 40.4. The molecule has 3 aromatic rings. The molecule has 0 radical (unpaired) electrons. The van der Waals surface area contributed by atoms with Crippen LogP contribution in [0.4, 0.5) is 19.0 Å². The average Bonchev–Trinajstić information content (AvgIpc) is 2.93. The van der Waals surface area contributed by atoms with Crippen molar-refractivity contribution in [3.8, 4) is 5.69 Å². The number of para-hydroxylation sites is 1. The maximum atomic E-state index is 13.0. The lowest BCUT2D eigenvalue weighted by Crippen LogP contribution is -2.22. The molecule has 0 saturated carbocycles. The molecule has 2 heterocycles. The second kappa shape index (κ2) is 5.54. The van der Waals surface area contributed by atoms with E-state index < -0.39 is 16.7 Å². The van der Waals surface area contributed by atoms with E-state index >= 15 is 0 Å². The number of rotatable bonds is 2. The van der Waals surface area contributed by atoms with Gasteiger partial charge in [0, 0.05) is 7.05 Å². The van der Waals surface area contributed by atoms with E-state index in [1.54, 1.807) is 24.3 Å². The van der Waals surface area contributed by atoms with E-state index in [1.165, 1.54) is 7.05 Å². The van der Waals surface area contributed by atoms with Crippen LogP contribution in [0.2, 0.25) is 5.02 Å². The Labute approximate surface area is 137 Å². The molecule has 0 unspecified atom stereocenters. The van der Waals surface area contributed by atoms with E-state index in [0.29, 0.717) is 11.3 Å². The van der Waals surface area contributed by atoms with Gasteiger partial charge >= 0.3 is 11.9 Å². The lowest BCUT2D eigenvalue weighted by molar-refractivity contribution is -0.134. The Kier molecular flexibility index (Phi) is 3.81. The van der Waals surface area contributed by atoms with Crippen LogP contribution in [0.1, 0.15) is 4.88 Å². The molecule has 0 atom stereocenters. The van der Waals surface area contributed by atoms with Gasteiger partial charge in [-0.05, 0) is 18.2 Å². The quantitative estimate of drug-likeness (QED) is 0.747. The monoisotopic (exact) mass is 359 g/mol. The van der Waals surface area contributed by atoms with Gasteiger partial charge in [-0.3, -0.25) is 4.57 Å². The third kappa shape index (κ3) is 2.68. The Bertz CT molecular complexity index is 949. The molecule has 0 bridgehead atoms. The van der Waals surface area contributed by atoms with Crippen molar-refractivity contribution in [3.63, 3.8) is 0 Å². The molecule has 0 aliphatic carbocycles. The van der Waals surface area contributed by atoms with E-state index in [-0.39, 0.29) is 26.7 Å². The van der Waals surface area contributed by atoms with Crippen molar-refractivity contribution in [2.75, 3.05) is 12.4 Å². The SMILES string of the molecule is CNc1nc(=O)n(-c2ccccc2Cl)c2cc(C(F)(F)F)sc12. The molecular formula is C14H9ClF3N3OS. The number of benzene rings is 1. The van der Waals surface area contributed by atoms with E-state index in [1.807, 2.05) is 0 Å². The number of halogens is 4. The van der Waals surface area contributed by atoms with Gasteiger partial charge in [0.2, 0.25) is 0 Å². The summed E-state index contributed by atoms with van der Waals surface area (Å²) in [5, 5.41) is 2.90. The average molecular weight is 360 g/mol. The maximum Gasteiger partial charge on any atom is 0.425 e. The number of alkyl halides is 3. The highest BCUT2D eigenvalue weighted by Crippen LogP contribution is 2.40. The van der Waals surface area contributed by atoms with Gasteiger partial charge in [0.25, 0.3) is 0 Å². The molecule has 9 heteroatoms. The Morgan fingerprint density at radius 2 is 2.00 bits per heavy atom. The smallest absolute Gasteiger partial charge is 0.372 e. The van der Waals surface area contributed by atoms with E-state index in [9.17, 15) is 18.0 Å². The fourth-order valence-corrected chi connectivity index (χ4v) is 3.42. The normalized spacial score (nSPS) is 11.9. The number of aromatic nitrogens is 2. The summed E-state index contributed by atoms with van der Waals surface area (Å²) in [6.07, 6.45) is -4.50. The van der Waals surface area contributed by atoms with Gasteiger partial charge in [-0.15, -0.1) is 11.3 Å². The molecular weight excluding hydrogens is 351 g/mol. The Hall–Kier alpha value is -2.06. The van der Waals surface area contributed by atoms with Crippen molar-refractivity contribution in [1.82, 2.24) is 9.55 Å². The van der Waals surface area contributed by atoms with Crippen LogP contribution in [-0.2, 0) is 6.18 Å². The number of anilines is 1. The van der Waals surface area contributed by atoms with Crippen molar-refractivity contribution >= 4 is 39.0 Å². The molecule has 120 valence electrons. The molecule has 0 saturated heterocycles. The van der Waals surface area contributed by atoms with Crippen molar-refractivity contribution < 1.29 is 13.2 Å². The summed E-state index contributed by atoms with van der Waals surface area (Å²) in [4.78, 5) is 15.3. The van der Waals surface area contributed by atoms with Crippen LogP contribution in [0, 0.1) is 0 Å². The van der Waals surface area contributed by atoms with Crippen LogP contribution in [-0.4, -0.2) is 16.6 Å². The van der Waals surface area contributed by atoms with Crippen molar-refractivity contribution in [1.29, 1.82) is 0 Å². The first-order chi connectivity index (χ1) is 10.8. The summed E-state index contributed by atoms with van der Waals surface area (Å²) in [6, 6.07) is 7.35. The highest BCUT2D eigenvalue weighted by molar-refractivity contribution is 7.19. The summed E-state index contributed by atoms with van der Waals surface area (Å²) in [7, 11) is 1.49. The molecule has 23 heavy (non-hydrogen) atoms. The Balaban J connectivity index is 2.43. The maximum absolute atomic E-state index is 13.0. The number of fused-ring (bicyclic) bond motifs is 1. The Morgan fingerprint density at radius 3 is 2.61 bits per heavy atom. The Morgan fingerprint density at radius 1 is 1.30 bits per heavy atom. The largest absolute Gasteiger partial charge is 0.425 e. The fourth-order valence-electron chi connectivity index (χ4n) is 2.19. The van der Waals surface area contributed by atoms with Crippen LogP contribution >= 0.6 is 22.9 Å². The number of nitrogens with zero attached hydrogens (tertiary/aromatic N) is 2. The van der Waals surface area contributed by atoms with Crippen molar-refractivity contribution in [2.45, 2.75) is 6.18 Å². The van der Waals surface area contributed by atoms with E-state index in [0.717, 1.165) is 10.6 Å². The number of hydrogen-bond donors (Lipinski definition) is 1. The van der Waals surface area contributed by atoms with Gasteiger partial charge in [0.05, 0.1) is 20.9 Å². The molecule has 3 rings (SSSR count). The van der Waals surface area contributed by atoms with Crippen molar-refractivity contribution in [3.05, 3.63) is 50.7 Å². The highest BCUT2D eigenvalue weighted by atomic mass is 35.5. The summed E-state index contributed by atoms with van der Waals surface area (Å²) in [5.41, 5.74) is -0.313. The van der Waals surface area contributed by atoms with Gasteiger partial charge in [-0.1, -0.05) is 23.7 Å². The second-order valence-electron chi connectivity index (χ2n) is 4.60. The zero-order chi connectivity index (χ0) is 16.8. The molecule has 2 aromatic heterocycles. The first-order valence-electron chi connectivity index (χ1n) is 6.39. The molecule has 0 fully saturated rings. The van der Waals surface area contributed by atoms with Crippen LogP contribution in [0.5, 0.6) is 0 Å². The van der Waals surface area contributed by atoms with Crippen LogP contribution in [0.25, 0.3) is 15.9 Å². The summed E-state index contributed by atoms with van der Waals surface area (Å²) in [6.45, 7) is 0. The zero-order valence-electron chi connectivity index (χ0n) is 11.6. The van der Waals surface area contributed by atoms with Crippen LogP contribution < -0.4 is 11.0 Å². The molecule has 0 amide bonds. The summed E-state index contributed by atoms with van der Waals surface area (Å²) in [5.74, 6) is 0.105. The molecule has 1 N–H and O–H groups in total. The topological polar surface area (TPSA) is 46.9 Å². The minimum absolute atomic E-state index is 0.105. The predicted molar refractivity (Wildman–Crippen MR) is 84.8 cm³/mol. The van der Waals surface area contributed by atoms with E-state index in [4.69, 9.17) is 11.6 Å². The van der Waals surface area contributed by atoms with E-state index in [2.05, 4.69) is 10.3 Å². The lowest BCUT2D eigenvalue weighted by atomic mass is 10.3. The van der Waals surface area contributed by atoms with Gasteiger partial charge < -0.3 is 5.32 Å². The highest BCUT2D eigenvalue weighted by Gasteiger charge is 2.34. The third-order valence-corrected chi connectivity index (χ3v) is 4.67. The van der Waals surface area contributed by atoms with Gasteiger partial charge in [0.15, 0.2) is 5.82 Å². The number of thiophene rings is 1. The summed E-state index contributed by atoms with van der Waals surface area (Å²) >= 11 is 6.61. The van der Waals surface area contributed by atoms with Crippen LogP contribution in [0.3, 0.4) is 0 Å². The minimum Gasteiger partial charge on any atom is -0.372 e. The molecule has 0 aliphatic rings. The second-order valence-corrected chi connectivity index (χ2v) is 6.06. The third-order valence-electron chi connectivity index (χ3n) is 3.18.